The number of hydrogen-bond acceptors (Lipinski definition) is 2. The van der Waals surface area contributed by atoms with Gasteiger partial charge >= 0.3 is 0 Å². The lowest BCUT2D eigenvalue weighted by atomic mass is 9.84. The van der Waals surface area contributed by atoms with Crippen LogP contribution in [0.1, 0.15) is 46.5 Å². The monoisotopic (exact) mass is 229 g/mol. The molecule has 0 aliphatic carbocycles. The van der Waals surface area contributed by atoms with Crippen molar-refractivity contribution in [3.05, 3.63) is 0 Å². The van der Waals surface area contributed by atoms with Crippen LogP contribution in [0, 0.1) is 11.8 Å². The molecule has 0 spiro atoms. The Balaban J connectivity index is 2.49. The molecule has 1 fully saturated rings. The Labute approximate surface area is 99.8 Å². The largest absolute Gasteiger partial charge is 0.313 e. The van der Waals surface area contributed by atoms with E-state index in [4.69, 9.17) is 0 Å². The number of nitrogens with one attached hydrogen (secondary N) is 1. The van der Waals surface area contributed by atoms with E-state index in [0.29, 0.717) is 0 Å². The molecule has 2 unspecified atom stereocenters. The van der Waals surface area contributed by atoms with Crippen LogP contribution in [0.2, 0.25) is 0 Å². The maximum absolute atomic E-state index is 3.80. The predicted octanol–water partition coefficient (Wildman–Crippen LogP) is 3.54. The second-order valence-corrected chi connectivity index (χ2v) is 5.83. The molecular weight excluding hydrogens is 202 g/mol. The van der Waals surface area contributed by atoms with E-state index in [2.05, 4.69) is 37.8 Å². The molecule has 0 amide bonds. The lowest BCUT2D eigenvalue weighted by molar-refractivity contribution is 0.260. The van der Waals surface area contributed by atoms with Crippen LogP contribution in [0.25, 0.3) is 0 Å². The molecule has 0 radical (unpaired) electrons. The standard InChI is InChI=1S/C13H27NS/c1-4-8-14-13(11(5-2)6-3)12-7-9-15-10-12/h11-14H,4-10H2,1-3H3. The molecule has 2 heteroatoms. The Morgan fingerprint density at radius 3 is 2.47 bits per heavy atom. The Morgan fingerprint density at radius 2 is 2.00 bits per heavy atom. The molecule has 1 heterocycles. The first kappa shape index (κ1) is 13.4. The fourth-order valence-corrected chi connectivity index (χ4v) is 3.97. The first-order valence-corrected chi connectivity index (χ1v) is 7.80. The average molecular weight is 229 g/mol. The molecular formula is C13H27NS. The van der Waals surface area contributed by atoms with Crippen molar-refractivity contribution in [2.45, 2.75) is 52.5 Å². The fourth-order valence-electron chi connectivity index (χ4n) is 2.66. The van der Waals surface area contributed by atoms with Crippen molar-refractivity contribution in [2.24, 2.45) is 11.8 Å². The molecule has 1 nitrogen and oxygen atoms in total. The highest BCUT2D eigenvalue weighted by Gasteiger charge is 2.29. The third-order valence-electron chi connectivity index (χ3n) is 3.66. The smallest absolute Gasteiger partial charge is 0.0131 e. The number of hydrogen-bond donors (Lipinski definition) is 1. The van der Waals surface area contributed by atoms with Gasteiger partial charge in [0.25, 0.3) is 0 Å². The van der Waals surface area contributed by atoms with Gasteiger partial charge in [0.15, 0.2) is 0 Å². The zero-order valence-electron chi connectivity index (χ0n) is 10.6. The van der Waals surface area contributed by atoms with Crippen LogP contribution in [0.4, 0.5) is 0 Å². The Kier molecular flexibility index (Phi) is 6.74. The predicted molar refractivity (Wildman–Crippen MR) is 71.6 cm³/mol. The summed E-state index contributed by atoms with van der Waals surface area (Å²) in [5, 5.41) is 3.80. The van der Waals surface area contributed by atoms with E-state index in [1.165, 1.54) is 43.7 Å². The summed E-state index contributed by atoms with van der Waals surface area (Å²) in [6, 6.07) is 0.787. The van der Waals surface area contributed by atoms with Crippen LogP contribution in [0.15, 0.2) is 0 Å². The normalized spacial score (nSPS) is 23.6. The molecule has 1 N–H and O–H groups in total. The van der Waals surface area contributed by atoms with Gasteiger partial charge in [-0.3, -0.25) is 0 Å². The van der Waals surface area contributed by atoms with Gasteiger partial charge in [-0.15, -0.1) is 0 Å². The van der Waals surface area contributed by atoms with Gasteiger partial charge in [-0.25, -0.2) is 0 Å². The minimum absolute atomic E-state index is 0.787. The maximum atomic E-state index is 3.80. The van der Waals surface area contributed by atoms with Gasteiger partial charge in [0.2, 0.25) is 0 Å². The summed E-state index contributed by atoms with van der Waals surface area (Å²) in [4.78, 5) is 0. The van der Waals surface area contributed by atoms with Gasteiger partial charge < -0.3 is 5.32 Å². The molecule has 1 saturated heterocycles. The van der Waals surface area contributed by atoms with Gasteiger partial charge in [0.05, 0.1) is 0 Å². The third kappa shape index (κ3) is 3.99. The topological polar surface area (TPSA) is 12.0 Å². The van der Waals surface area contributed by atoms with Crippen molar-refractivity contribution >= 4 is 11.8 Å². The summed E-state index contributed by atoms with van der Waals surface area (Å²) >= 11 is 2.14. The fraction of sp³-hybridized carbons (Fsp3) is 1.00. The first-order chi connectivity index (χ1) is 7.33. The molecule has 1 aliphatic rings. The van der Waals surface area contributed by atoms with Gasteiger partial charge in [0.1, 0.15) is 0 Å². The van der Waals surface area contributed by atoms with Gasteiger partial charge in [-0.05, 0) is 42.7 Å². The van der Waals surface area contributed by atoms with Crippen LogP contribution in [0.3, 0.4) is 0 Å². The lowest BCUT2D eigenvalue weighted by Gasteiger charge is -2.31. The van der Waals surface area contributed by atoms with E-state index in [1.807, 2.05) is 0 Å². The molecule has 0 aromatic heterocycles. The molecule has 0 aromatic rings. The summed E-state index contributed by atoms with van der Waals surface area (Å²) in [6.07, 6.45) is 5.36. The zero-order chi connectivity index (χ0) is 11.1. The van der Waals surface area contributed by atoms with Crippen molar-refractivity contribution in [3.63, 3.8) is 0 Å². The quantitative estimate of drug-likeness (QED) is 0.716. The lowest BCUT2D eigenvalue weighted by Crippen LogP contribution is -2.42. The van der Waals surface area contributed by atoms with Crippen LogP contribution in [-0.2, 0) is 0 Å². The van der Waals surface area contributed by atoms with Gasteiger partial charge in [-0.1, -0.05) is 33.6 Å². The highest BCUT2D eigenvalue weighted by Crippen LogP contribution is 2.31. The molecule has 1 aliphatic heterocycles. The zero-order valence-corrected chi connectivity index (χ0v) is 11.4. The molecule has 90 valence electrons. The molecule has 15 heavy (non-hydrogen) atoms. The average Bonchev–Trinajstić information content (AvgIpc) is 2.77. The molecule has 1 rings (SSSR count). The maximum Gasteiger partial charge on any atom is 0.0131 e. The Bertz CT molecular complexity index is 149. The second kappa shape index (κ2) is 7.56. The molecule has 0 aromatic carbocycles. The summed E-state index contributed by atoms with van der Waals surface area (Å²) < 4.78 is 0. The third-order valence-corrected chi connectivity index (χ3v) is 4.85. The SMILES string of the molecule is CCCNC(C(CC)CC)C1CCSC1. The van der Waals surface area contributed by atoms with E-state index < -0.39 is 0 Å². The first-order valence-electron chi connectivity index (χ1n) is 6.64. The molecule has 0 bridgehead atoms. The van der Waals surface area contributed by atoms with Gasteiger partial charge in [0, 0.05) is 6.04 Å². The van der Waals surface area contributed by atoms with Crippen molar-refractivity contribution in [1.82, 2.24) is 5.32 Å². The Morgan fingerprint density at radius 1 is 1.27 bits per heavy atom. The summed E-state index contributed by atoms with van der Waals surface area (Å²) in [7, 11) is 0. The number of rotatable bonds is 7. The Hall–Kier alpha value is 0.310. The van der Waals surface area contributed by atoms with Gasteiger partial charge in [-0.2, -0.15) is 11.8 Å². The van der Waals surface area contributed by atoms with E-state index in [-0.39, 0.29) is 0 Å². The second-order valence-electron chi connectivity index (χ2n) is 4.68. The van der Waals surface area contributed by atoms with Crippen molar-refractivity contribution in [1.29, 1.82) is 0 Å². The highest BCUT2D eigenvalue weighted by atomic mass is 32.2. The number of thioether (sulfide) groups is 1. The summed E-state index contributed by atoms with van der Waals surface area (Å²) in [5.74, 6) is 4.60. The van der Waals surface area contributed by atoms with E-state index in [1.54, 1.807) is 0 Å². The molecule has 0 saturated carbocycles. The van der Waals surface area contributed by atoms with E-state index in [0.717, 1.165) is 17.9 Å². The van der Waals surface area contributed by atoms with Crippen molar-refractivity contribution in [3.8, 4) is 0 Å². The van der Waals surface area contributed by atoms with Crippen molar-refractivity contribution < 1.29 is 0 Å². The van der Waals surface area contributed by atoms with Crippen LogP contribution < -0.4 is 5.32 Å². The van der Waals surface area contributed by atoms with Crippen LogP contribution in [0.5, 0.6) is 0 Å². The highest BCUT2D eigenvalue weighted by molar-refractivity contribution is 7.99. The van der Waals surface area contributed by atoms with E-state index in [9.17, 15) is 0 Å². The summed E-state index contributed by atoms with van der Waals surface area (Å²) in [6.45, 7) is 8.15. The molecule has 2 atom stereocenters. The minimum Gasteiger partial charge on any atom is -0.313 e. The van der Waals surface area contributed by atoms with Crippen LogP contribution >= 0.6 is 11.8 Å². The van der Waals surface area contributed by atoms with Crippen molar-refractivity contribution in [2.75, 3.05) is 18.1 Å². The minimum atomic E-state index is 0.787. The van der Waals surface area contributed by atoms with E-state index >= 15 is 0 Å². The summed E-state index contributed by atoms with van der Waals surface area (Å²) in [5.41, 5.74) is 0. The van der Waals surface area contributed by atoms with Crippen LogP contribution in [-0.4, -0.2) is 24.1 Å².